The highest BCUT2D eigenvalue weighted by Crippen LogP contribution is 2.11. The van der Waals surface area contributed by atoms with E-state index in [0.29, 0.717) is 13.1 Å². The lowest BCUT2D eigenvalue weighted by Gasteiger charge is -2.28. The molecule has 0 radical (unpaired) electrons. The van der Waals surface area contributed by atoms with Gasteiger partial charge in [0.2, 0.25) is 0 Å². The predicted molar refractivity (Wildman–Crippen MR) is 46.9 cm³/mol. The molecule has 1 unspecified atom stereocenters. The second-order valence-corrected chi connectivity index (χ2v) is 2.83. The molecule has 0 aromatic rings. The fourth-order valence-electron chi connectivity index (χ4n) is 1.38. The molecule has 0 bridgehead atoms. The molecule has 1 fully saturated rings. The van der Waals surface area contributed by atoms with E-state index in [-0.39, 0.29) is 12.4 Å². The fraction of sp³-hybridized carbons (Fsp3) is 1.00. The van der Waals surface area contributed by atoms with E-state index in [4.69, 9.17) is 5.73 Å². The molecule has 0 aromatic heterocycles. The number of hydrogen-bond donors (Lipinski definition) is 1. The van der Waals surface area contributed by atoms with Gasteiger partial charge in [-0.3, -0.25) is 4.90 Å². The zero-order valence-electron chi connectivity index (χ0n) is 6.63. The number of nitrogens with zero attached hydrogens (tertiary/aromatic N) is 1. The van der Waals surface area contributed by atoms with Crippen molar-refractivity contribution < 1.29 is 4.39 Å². The number of halogens is 2. The summed E-state index contributed by atoms with van der Waals surface area (Å²) >= 11 is 0. The molecule has 0 aromatic carbocycles. The summed E-state index contributed by atoms with van der Waals surface area (Å²) in [7, 11) is 0. The lowest BCUT2D eigenvalue weighted by Crippen LogP contribution is -2.39. The number of likely N-dealkylation sites (tertiary alicyclic amines) is 1. The van der Waals surface area contributed by atoms with E-state index in [0.717, 1.165) is 25.9 Å². The first-order valence-electron chi connectivity index (χ1n) is 3.89. The highest BCUT2D eigenvalue weighted by Gasteiger charge is 2.17. The molecular weight excluding hydrogens is 167 g/mol. The topological polar surface area (TPSA) is 29.3 Å². The van der Waals surface area contributed by atoms with Crippen molar-refractivity contribution in [2.45, 2.75) is 19.0 Å². The minimum Gasteiger partial charge on any atom is -0.329 e. The number of alkyl halides is 1. The van der Waals surface area contributed by atoms with Crippen LogP contribution in [0.4, 0.5) is 4.39 Å². The van der Waals surface area contributed by atoms with Crippen molar-refractivity contribution in [3.05, 3.63) is 0 Å². The van der Waals surface area contributed by atoms with E-state index in [1.807, 2.05) is 0 Å². The highest BCUT2D eigenvalue weighted by molar-refractivity contribution is 5.85. The molecule has 1 aliphatic rings. The first kappa shape index (κ1) is 11.1. The SMILES string of the molecule is Cl.NCCN1CCCC(F)C1. The molecule has 1 saturated heterocycles. The van der Waals surface area contributed by atoms with Crippen molar-refractivity contribution in [3.63, 3.8) is 0 Å². The zero-order valence-corrected chi connectivity index (χ0v) is 7.45. The summed E-state index contributed by atoms with van der Waals surface area (Å²) in [5.41, 5.74) is 5.34. The van der Waals surface area contributed by atoms with Gasteiger partial charge in [0.25, 0.3) is 0 Å². The summed E-state index contributed by atoms with van der Waals surface area (Å²) < 4.78 is 12.7. The van der Waals surface area contributed by atoms with Gasteiger partial charge in [0.05, 0.1) is 0 Å². The van der Waals surface area contributed by atoms with Crippen LogP contribution in [0.1, 0.15) is 12.8 Å². The van der Waals surface area contributed by atoms with Crippen LogP contribution in [0.2, 0.25) is 0 Å². The van der Waals surface area contributed by atoms with Crippen molar-refractivity contribution in [3.8, 4) is 0 Å². The van der Waals surface area contributed by atoms with Crippen molar-refractivity contribution in [2.24, 2.45) is 5.73 Å². The first-order chi connectivity index (χ1) is 4.83. The Bertz CT molecular complexity index is 100. The van der Waals surface area contributed by atoms with Crippen LogP contribution >= 0.6 is 12.4 Å². The first-order valence-corrected chi connectivity index (χ1v) is 3.89. The van der Waals surface area contributed by atoms with Crippen LogP contribution in [0.5, 0.6) is 0 Å². The third kappa shape index (κ3) is 3.89. The second kappa shape index (κ2) is 5.75. The maximum Gasteiger partial charge on any atom is 0.113 e. The van der Waals surface area contributed by atoms with Gasteiger partial charge < -0.3 is 5.73 Å². The molecule has 11 heavy (non-hydrogen) atoms. The summed E-state index contributed by atoms with van der Waals surface area (Å²) in [6.07, 6.45) is 1.11. The van der Waals surface area contributed by atoms with Crippen molar-refractivity contribution in [1.29, 1.82) is 0 Å². The van der Waals surface area contributed by atoms with E-state index in [9.17, 15) is 4.39 Å². The molecular formula is C7H16ClFN2. The molecule has 1 atom stereocenters. The largest absolute Gasteiger partial charge is 0.329 e. The molecule has 0 saturated carbocycles. The van der Waals surface area contributed by atoms with Gasteiger partial charge in [-0.05, 0) is 19.4 Å². The molecule has 2 N–H and O–H groups in total. The average Bonchev–Trinajstić information content (AvgIpc) is 1.88. The quantitative estimate of drug-likeness (QED) is 0.685. The van der Waals surface area contributed by atoms with Crippen LogP contribution in [-0.2, 0) is 0 Å². The minimum atomic E-state index is -0.611. The van der Waals surface area contributed by atoms with Crippen molar-refractivity contribution >= 4 is 12.4 Å². The Hall–Kier alpha value is 0.140. The smallest absolute Gasteiger partial charge is 0.113 e. The Balaban J connectivity index is 0.000001000. The Morgan fingerprint density at radius 2 is 2.27 bits per heavy atom. The molecule has 1 aliphatic heterocycles. The molecule has 68 valence electrons. The standard InChI is InChI=1S/C7H15FN2.ClH/c8-7-2-1-4-10(6-7)5-3-9;/h7H,1-6,9H2;1H. The maximum atomic E-state index is 12.7. The van der Waals surface area contributed by atoms with E-state index in [2.05, 4.69) is 4.90 Å². The summed E-state index contributed by atoms with van der Waals surface area (Å²) in [5.74, 6) is 0. The van der Waals surface area contributed by atoms with Gasteiger partial charge in [-0.25, -0.2) is 4.39 Å². The van der Waals surface area contributed by atoms with Gasteiger partial charge >= 0.3 is 0 Å². The van der Waals surface area contributed by atoms with E-state index in [1.165, 1.54) is 0 Å². The highest BCUT2D eigenvalue weighted by atomic mass is 35.5. The van der Waals surface area contributed by atoms with Crippen LogP contribution in [0.3, 0.4) is 0 Å². The van der Waals surface area contributed by atoms with E-state index >= 15 is 0 Å². The van der Waals surface area contributed by atoms with Gasteiger partial charge in [0.15, 0.2) is 0 Å². The normalized spacial score (nSPS) is 26.2. The third-order valence-electron chi connectivity index (χ3n) is 1.89. The van der Waals surface area contributed by atoms with Gasteiger partial charge in [-0.1, -0.05) is 0 Å². The van der Waals surface area contributed by atoms with Gasteiger partial charge in [-0.15, -0.1) is 12.4 Å². The monoisotopic (exact) mass is 182 g/mol. The maximum absolute atomic E-state index is 12.7. The van der Waals surface area contributed by atoms with Gasteiger partial charge in [-0.2, -0.15) is 0 Å². The summed E-state index contributed by atoms with van der Waals surface area (Å²) in [5, 5.41) is 0. The number of hydrogen-bond acceptors (Lipinski definition) is 2. The zero-order chi connectivity index (χ0) is 7.40. The van der Waals surface area contributed by atoms with Gasteiger partial charge in [0.1, 0.15) is 6.17 Å². The molecule has 4 heteroatoms. The van der Waals surface area contributed by atoms with Crippen LogP contribution in [0.25, 0.3) is 0 Å². The molecule has 1 heterocycles. The minimum absolute atomic E-state index is 0. The predicted octanol–water partition coefficient (Wildman–Crippen LogP) is 0.801. The summed E-state index contributed by atoms with van der Waals surface area (Å²) in [6.45, 7) is 3.11. The lowest BCUT2D eigenvalue weighted by molar-refractivity contribution is 0.142. The molecule has 0 spiro atoms. The molecule has 0 amide bonds. The van der Waals surface area contributed by atoms with Crippen LogP contribution in [0.15, 0.2) is 0 Å². The van der Waals surface area contributed by atoms with Crippen LogP contribution in [0, 0.1) is 0 Å². The van der Waals surface area contributed by atoms with E-state index < -0.39 is 6.17 Å². The summed E-state index contributed by atoms with van der Waals surface area (Å²) in [6, 6.07) is 0. The Morgan fingerprint density at radius 1 is 1.55 bits per heavy atom. The molecule has 0 aliphatic carbocycles. The van der Waals surface area contributed by atoms with E-state index in [1.54, 1.807) is 0 Å². The number of nitrogens with two attached hydrogens (primary N) is 1. The van der Waals surface area contributed by atoms with Crippen LogP contribution < -0.4 is 5.73 Å². The lowest BCUT2D eigenvalue weighted by atomic mass is 10.1. The Morgan fingerprint density at radius 3 is 2.82 bits per heavy atom. The third-order valence-corrected chi connectivity index (χ3v) is 1.89. The van der Waals surface area contributed by atoms with Gasteiger partial charge in [0, 0.05) is 19.6 Å². The molecule has 1 rings (SSSR count). The van der Waals surface area contributed by atoms with Crippen molar-refractivity contribution in [1.82, 2.24) is 4.90 Å². The number of piperidine rings is 1. The van der Waals surface area contributed by atoms with Crippen molar-refractivity contribution in [2.75, 3.05) is 26.2 Å². The average molecular weight is 183 g/mol. The molecule has 2 nitrogen and oxygen atoms in total. The van der Waals surface area contributed by atoms with Crippen LogP contribution in [-0.4, -0.2) is 37.3 Å². The Labute approximate surface area is 73.3 Å². The summed E-state index contributed by atoms with van der Waals surface area (Å²) in [4.78, 5) is 2.09. The fourth-order valence-corrected chi connectivity index (χ4v) is 1.38. The second-order valence-electron chi connectivity index (χ2n) is 2.83. The Kier molecular flexibility index (Phi) is 5.82. The number of rotatable bonds is 2.